The monoisotopic (exact) mass is 310 g/mol. The number of halogens is 1. The van der Waals surface area contributed by atoms with Crippen LogP contribution in [0.3, 0.4) is 0 Å². The highest BCUT2D eigenvalue weighted by Gasteiger charge is 2.17. The van der Waals surface area contributed by atoms with Crippen molar-refractivity contribution in [3.8, 4) is 5.82 Å². The number of carbonyl (C=O) groups is 1. The van der Waals surface area contributed by atoms with Crippen molar-refractivity contribution >= 4 is 23.8 Å². The van der Waals surface area contributed by atoms with E-state index < -0.39 is 5.97 Å². The number of carboxylic acids is 1. The van der Waals surface area contributed by atoms with Crippen LogP contribution in [-0.2, 0) is 4.84 Å². The summed E-state index contributed by atoms with van der Waals surface area (Å²) in [6.07, 6.45) is 2.79. The molecule has 0 spiro atoms. The van der Waals surface area contributed by atoms with Crippen LogP contribution in [-0.4, -0.2) is 39.2 Å². The van der Waals surface area contributed by atoms with E-state index >= 15 is 0 Å². The molecule has 2 rings (SSSR count). The molecule has 2 aromatic heterocycles. The highest BCUT2D eigenvalue weighted by Crippen LogP contribution is 2.18. The van der Waals surface area contributed by atoms with Gasteiger partial charge in [0.1, 0.15) is 12.8 Å². The average molecular weight is 311 g/mol. The van der Waals surface area contributed by atoms with E-state index in [-0.39, 0.29) is 11.5 Å². The molecule has 0 radical (unpaired) electrons. The van der Waals surface area contributed by atoms with Gasteiger partial charge in [0.05, 0.1) is 11.2 Å². The summed E-state index contributed by atoms with van der Waals surface area (Å²) in [5, 5.41) is 17.0. The maximum absolute atomic E-state index is 11.2. The minimum atomic E-state index is -1.15. The topological polar surface area (TPSA) is 89.6 Å². The summed E-state index contributed by atoms with van der Waals surface area (Å²) in [6.45, 7) is 4.00. The van der Waals surface area contributed by atoms with Crippen LogP contribution in [0.5, 0.6) is 0 Å². The van der Waals surface area contributed by atoms with Gasteiger partial charge in [0.2, 0.25) is 0 Å². The Kier molecular flexibility index (Phi) is 6.35. The largest absolute Gasteiger partial charge is 0.477 e. The number of hydrogen-bond donors (Lipinski definition) is 1. The molecule has 0 aliphatic carbocycles. The highest BCUT2D eigenvalue weighted by atomic mass is 35.5. The number of oxime groups is 1. The molecule has 0 aliphatic heterocycles. The van der Waals surface area contributed by atoms with Crippen LogP contribution < -0.4 is 0 Å². The van der Waals surface area contributed by atoms with Crippen LogP contribution in [0.25, 0.3) is 5.82 Å². The fraction of sp³-hybridized carbons (Fsp3) is 0.231. The molecule has 0 aromatic carbocycles. The molecule has 2 heterocycles. The molecule has 0 saturated heterocycles. The fourth-order valence-electron chi connectivity index (χ4n) is 1.42. The standard InChI is InChI=1S/C11H9ClN4O3.C2H6/c1-19-14-6-7-5-9(11(17)18)16(15-7)10-8(12)3-2-4-13-10;1-2/h2-6H,1H3,(H,17,18);1-2H3/b14-6+;. The molecule has 8 heteroatoms. The SMILES string of the molecule is CC.CO/N=C/c1cc(C(=O)O)n(-c2ncccc2Cl)n1. The van der Waals surface area contributed by atoms with E-state index in [4.69, 9.17) is 16.7 Å². The number of hydrogen-bond acceptors (Lipinski definition) is 5. The molecule has 0 bridgehead atoms. The lowest BCUT2D eigenvalue weighted by atomic mass is 10.3. The van der Waals surface area contributed by atoms with E-state index in [1.54, 1.807) is 12.1 Å². The summed E-state index contributed by atoms with van der Waals surface area (Å²) in [4.78, 5) is 19.7. The van der Waals surface area contributed by atoms with Crippen molar-refractivity contribution in [2.75, 3.05) is 7.11 Å². The van der Waals surface area contributed by atoms with E-state index in [2.05, 4.69) is 20.1 Å². The van der Waals surface area contributed by atoms with Crippen molar-refractivity contribution in [3.63, 3.8) is 0 Å². The average Bonchev–Trinajstić information content (AvgIpc) is 2.92. The number of aromatic carboxylic acids is 1. The third-order valence-electron chi connectivity index (χ3n) is 2.18. The Morgan fingerprint density at radius 2 is 2.24 bits per heavy atom. The summed E-state index contributed by atoms with van der Waals surface area (Å²) in [6, 6.07) is 4.58. The van der Waals surface area contributed by atoms with Gasteiger partial charge in [-0.05, 0) is 12.1 Å². The van der Waals surface area contributed by atoms with Gasteiger partial charge >= 0.3 is 5.97 Å². The zero-order chi connectivity index (χ0) is 15.8. The first-order valence-electron chi connectivity index (χ1n) is 6.14. The van der Waals surface area contributed by atoms with E-state index in [0.717, 1.165) is 4.68 Å². The van der Waals surface area contributed by atoms with E-state index in [9.17, 15) is 4.79 Å². The van der Waals surface area contributed by atoms with E-state index in [0.29, 0.717) is 10.7 Å². The van der Waals surface area contributed by atoms with Gasteiger partial charge in [0.15, 0.2) is 11.5 Å². The molecule has 7 nitrogen and oxygen atoms in total. The molecular weight excluding hydrogens is 296 g/mol. The van der Waals surface area contributed by atoms with E-state index in [1.807, 2.05) is 13.8 Å². The van der Waals surface area contributed by atoms with Gasteiger partial charge in [-0.25, -0.2) is 14.5 Å². The number of nitrogens with zero attached hydrogens (tertiary/aromatic N) is 4. The molecule has 112 valence electrons. The summed E-state index contributed by atoms with van der Waals surface area (Å²) in [5.41, 5.74) is 0.249. The van der Waals surface area contributed by atoms with Crippen LogP contribution in [0.15, 0.2) is 29.6 Å². The van der Waals surface area contributed by atoms with Crippen molar-refractivity contribution < 1.29 is 14.7 Å². The Morgan fingerprint density at radius 3 is 2.81 bits per heavy atom. The predicted molar refractivity (Wildman–Crippen MR) is 79.3 cm³/mol. The normalized spacial score (nSPS) is 10.1. The lowest BCUT2D eigenvalue weighted by Gasteiger charge is -2.04. The molecular formula is C13H15ClN4O3. The first-order valence-corrected chi connectivity index (χ1v) is 6.52. The number of pyridine rings is 1. The zero-order valence-electron chi connectivity index (χ0n) is 11.8. The first-order chi connectivity index (χ1) is 10.1. The van der Waals surface area contributed by atoms with Gasteiger partial charge in [-0.3, -0.25) is 0 Å². The maximum atomic E-state index is 11.2. The number of rotatable bonds is 4. The second kappa shape index (κ2) is 8.01. The summed E-state index contributed by atoms with van der Waals surface area (Å²) in [7, 11) is 1.38. The molecule has 0 aliphatic rings. The van der Waals surface area contributed by atoms with Crippen LogP contribution in [0.2, 0.25) is 5.02 Å². The molecule has 21 heavy (non-hydrogen) atoms. The molecule has 0 amide bonds. The highest BCUT2D eigenvalue weighted by molar-refractivity contribution is 6.32. The van der Waals surface area contributed by atoms with Crippen LogP contribution >= 0.6 is 11.6 Å². The predicted octanol–water partition coefficient (Wildman–Crippen LogP) is 2.63. The van der Waals surface area contributed by atoms with Crippen molar-refractivity contribution in [3.05, 3.63) is 40.8 Å². The van der Waals surface area contributed by atoms with Gasteiger partial charge in [0, 0.05) is 12.3 Å². The zero-order valence-corrected chi connectivity index (χ0v) is 12.6. The van der Waals surface area contributed by atoms with Crippen LogP contribution in [0.1, 0.15) is 30.0 Å². The van der Waals surface area contributed by atoms with E-state index in [1.165, 1.54) is 25.6 Å². The Labute approximate surface area is 126 Å². The van der Waals surface area contributed by atoms with Crippen molar-refractivity contribution in [2.45, 2.75) is 13.8 Å². The molecule has 2 aromatic rings. The summed E-state index contributed by atoms with van der Waals surface area (Å²) < 4.78 is 1.14. The minimum Gasteiger partial charge on any atom is -0.477 e. The smallest absolute Gasteiger partial charge is 0.354 e. The second-order valence-electron chi connectivity index (χ2n) is 3.40. The van der Waals surface area contributed by atoms with Gasteiger partial charge in [-0.2, -0.15) is 5.10 Å². The molecule has 1 N–H and O–H groups in total. The van der Waals surface area contributed by atoms with Crippen LogP contribution in [0.4, 0.5) is 0 Å². The van der Waals surface area contributed by atoms with Crippen molar-refractivity contribution in [2.24, 2.45) is 5.16 Å². The minimum absolute atomic E-state index is 0.0712. The Hall–Kier alpha value is -2.41. The van der Waals surface area contributed by atoms with Gasteiger partial charge in [-0.15, -0.1) is 0 Å². The second-order valence-corrected chi connectivity index (χ2v) is 3.80. The third-order valence-corrected chi connectivity index (χ3v) is 2.47. The number of carboxylic acid groups (broad SMARTS) is 1. The van der Waals surface area contributed by atoms with Crippen molar-refractivity contribution in [1.82, 2.24) is 14.8 Å². The van der Waals surface area contributed by atoms with Crippen LogP contribution in [0, 0.1) is 0 Å². The lowest BCUT2D eigenvalue weighted by Crippen LogP contribution is -2.09. The third kappa shape index (κ3) is 4.03. The lowest BCUT2D eigenvalue weighted by molar-refractivity contribution is 0.0687. The molecule has 0 unspecified atom stereocenters. The molecule has 0 fully saturated rings. The van der Waals surface area contributed by atoms with Crippen molar-refractivity contribution in [1.29, 1.82) is 0 Å². The van der Waals surface area contributed by atoms with Gasteiger partial charge < -0.3 is 9.94 Å². The Bertz CT molecular complexity index is 640. The summed E-state index contributed by atoms with van der Waals surface area (Å²) in [5.74, 6) is -0.912. The fourth-order valence-corrected chi connectivity index (χ4v) is 1.62. The first kappa shape index (κ1) is 16.6. The molecule has 0 atom stereocenters. The van der Waals surface area contributed by atoms with Gasteiger partial charge in [-0.1, -0.05) is 30.6 Å². The quantitative estimate of drug-likeness (QED) is 0.692. The van der Waals surface area contributed by atoms with Gasteiger partial charge in [0.25, 0.3) is 0 Å². The summed E-state index contributed by atoms with van der Waals surface area (Å²) >= 11 is 5.97. The maximum Gasteiger partial charge on any atom is 0.354 e. The number of aromatic nitrogens is 3. The Morgan fingerprint density at radius 1 is 1.52 bits per heavy atom. The Balaban J connectivity index is 0.00000106. The molecule has 0 saturated carbocycles.